The normalized spacial score (nSPS) is 15.9. The molecule has 0 amide bonds. The average molecular weight is 482 g/mol. The number of nitrogens with zero attached hydrogens (tertiary/aromatic N) is 4. The van der Waals surface area contributed by atoms with Gasteiger partial charge in [-0.15, -0.1) is 11.3 Å². The van der Waals surface area contributed by atoms with Gasteiger partial charge in [-0.25, -0.2) is 4.79 Å². The van der Waals surface area contributed by atoms with Gasteiger partial charge in [-0.1, -0.05) is 12.1 Å². The molecule has 0 aliphatic carbocycles. The zero-order valence-electron chi connectivity index (χ0n) is 18.6. The molecular weight excluding hydrogens is 458 g/mol. The minimum Gasteiger partial charge on any atom is -0.454 e. The number of hydrogen-bond donors (Lipinski definition) is 1. The van der Waals surface area contributed by atoms with Gasteiger partial charge in [0.25, 0.3) is 5.56 Å². The molecule has 0 bridgehead atoms. The Balaban J connectivity index is 1.53. The summed E-state index contributed by atoms with van der Waals surface area (Å²) in [6.45, 7) is 3.77. The monoisotopic (exact) mass is 481 g/mol. The summed E-state index contributed by atoms with van der Waals surface area (Å²) >= 11 is 1.37. The minimum atomic E-state index is -0.351. The van der Waals surface area contributed by atoms with E-state index in [9.17, 15) is 9.59 Å². The molecule has 34 heavy (non-hydrogen) atoms. The molecule has 0 spiro atoms. The maximum Gasteiger partial charge on any atom is 0.332 e. The summed E-state index contributed by atoms with van der Waals surface area (Å²) in [6.07, 6.45) is 2.08. The molecule has 0 saturated carbocycles. The van der Waals surface area contributed by atoms with Crippen LogP contribution in [0.3, 0.4) is 0 Å². The van der Waals surface area contributed by atoms with Crippen molar-refractivity contribution in [3.63, 3.8) is 0 Å². The molecule has 1 saturated heterocycles. The maximum atomic E-state index is 13.7. The predicted molar refractivity (Wildman–Crippen MR) is 126 cm³/mol. The van der Waals surface area contributed by atoms with Crippen LogP contribution in [0.5, 0.6) is 11.5 Å². The lowest BCUT2D eigenvalue weighted by atomic mass is 10.1. The highest BCUT2D eigenvalue weighted by molar-refractivity contribution is 7.22. The molecule has 11 heteroatoms. The van der Waals surface area contributed by atoms with Crippen molar-refractivity contribution in [2.24, 2.45) is 0 Å². The van der Waals surface area contributed by atoms with Gasteiger partial charge in [-0.2, -0.15) is 4.98 Å². The molecular formula is C23H23N5O5S. The summed E-state index contributed by atoms with van der Waals surface area (Å²) in [5.74, 6) is 2.28. The molecule has 3 aromatic heterocycles. The molecule has 176 valence electrons. The fourth-order valence-electron chi connectivity index (χ4n) is 4.53. The second-order valence-corrected chi connectivity index (χ2v) is 9.43. The van der Waals surface area contributed by atoms with Crippen LogP contribution in [0.2, 0.25) is 0 Å². The smallest absolute Gasteiger partial charge is 0.332 e. The average Bonchev–Trinajstić information content (AvgIpc) is 3.61. The second-order valence-electron chi connectivity index (χ2n) is 8.38. The molecule has 10 nitrogen and oxygen atoms in total. The Morgan fingerprint density at radius 2 is 1.97 bits per heavy atom. The fraction of sp³-hybridized carbons (Fsp3) is 0.391. The van der Waals surface area contributed by atoms with Crippen LogP contribution in [-0.4, -0.2) is 39.2 Å². The lowest BCUT2D eigenvalue weighted by Crippen LogP contribution is -2.45. The number of piperidine rings is 1. The van der Waals surface area contributed by atoms with Crippen molar-refractivity contribution in [2.75, 3.05) is 19.9 Å². The van der Waals surface area contributed by atoms with Crippen molar-refractivity contribution in [3.8, 4) is 21.9 Å². The number of hydrogen-bond acceptors (Lipinski definition) is 9. The number of ether oxygens (including phenoxy) is 2. The van der Waals surface area contributed by atoms with E-state index in [1.165, 1.54) is 15.9 Å². The molecule has 6 rings (SSSR count). The number of thiophene rings is 1. The molecule has 2 aliphatic rings. The van der Waals surface area contributed by atoms with Crippen molar-refractivity contribution in [2.45, 2.75) is 38.8 Å². The second kappa shape index (κ2) is 8.41. The highest BCUT2D eigenvalue weighted by Gasteiger charge is 2.25. The van der Waals surface area contributed by atoms with E-state index in [1.54, 1.807) is 4.57 Å². The van der Waals surface area contributed by atoms with Gasteiger partial charge in [0, 0.05) is 17.3 Å². The molecule has 1 fully saturated rings. The first-order valence-electron chi connectivity index (χ1n) is 11.3. The van der Waals surface area contributed by atoms with E-state index < -0.39 is 0 Å². The highest BCUT2D eigenvalue weighted by atomic mass is 32.1. The highest BCUT2D eigenvalue weighted by Crippen LogP contribution is 2.39. The van der Waals surface area contributed by atoms with Crippen LogP contribution in [0.25, 0.3) is 20.7 Å². The first-order valence-corrected chi connectivity index (χ1v) is 12.1. The zero-order valence-corrected chi connectivity index (χ0v) is 19.4. The molecule has 0 radical (unpaired) electrons. The van der Waals surface area contributed by atoms with Gasteiger partial charge in [0.05, 0.1) is 5.52 Å². The largest absolute Gasteiger partial charge is 0.454 e. The summed E-state index contributed by atoms with van der Waals surface area (Å²) in [7, 11) is 0. The van der Waals surface area contributed by atoms with E-state index in [-0.39, 0.29) is 30.6 Å². The van der Waals surface area contributed by atoms with Gasteiger partial charge in [-0.3, -0.25) is 13.9 Å². The van der Waals surface area contributed by atoms with E-state index in [0.717, 1.165) is 36.4 Å². The third-order valence-corrected chi connectivity index (χ3v) is 7.47. The Morgan fingerprint density at radius 3 is 2.76 bits per heavy atom. The van der Waals surface area contributed by atoms with Crippen molar-refractivity contribution >= 4 is 21.6 Å². The molecule has 0 unspecified atom stereocenters. The standard InChI is InChI=1S/C23H23N5O5S/c1-2-19-25-20(33-26-19)11-27-15-10-18(13-3-4-16-17(9-13)32-12-31-16)34-21(15)22(29)28(23(27)30)14-5-7-24-8-6-14/h3-4,9-10,14,24H,2,5-8,11-12H2,1H3. The fourth-order valence-corrected chi connectivity index (χ4v) is 5.62. The minimum absolute atomic E-state index is 0.102. The lowest BCUT2D eigenvalue weighted by molar-refractivity contribution is 0.174. The Kier molecular flexibility index (Phi) is 5.22. The van der Waals surface area contributed by atoms with E-state index in [1.807, 2.05) is 31.2 Å². The molecule has 5 heterocycles. The number of aryl methyl sites for hydroxylation is 1. The maximum absolute atomic E-state index is 13.7. The summed E-state index contributed by atoms with van der Waals surface area (Å²) in [5, 5.41) is 7.25. The van der Waals surface area contributed by atoms with Crippen LogP contribution >= 0.6 is 11.3 Å². The van der Waals surface area contributed by atoms with E-state index in [0.29, 0.717) is 39.9 Å². The van der Waals surface area contributed by atoms with Crippen molar-refractivity contribution < 1.29 is 14.0 Å². The zero-order chi connectivity index (χ0) is 23.2. The van der Waals surface area contributed by atoms with Crippen LogP contribution in [0.4, 0.5) is 0 Å². The Bertz CT molecular complexity index is 1490. The number of rotatable bonds is 5. The first-order chi connectivity index (χ1) is 16.6. The lowest BCUT2D eigenvalue weighted by Gasteiger charge is -2.24. The summed E-state index contributed by atoms with van der Waals surface area (Å²) < 4.78 is 19.8. The van der Waals surface area contributed by atoms with Crippen LogP contribution in [0, 0.1) is 0 Å². The SMILES string of the molecule is CCc1noc(Cn2c(=O)n(C3CCNCC3)c(=O)c3sc(-c4ccc5c(c4)OCO5)cc32)n1. The van der Waals surface area contributed by atoms with Gasteiger partial charge in [-0.05, 0) is 55.8 Å². The van der Waals surface area contributed by atoms with E-state index in [2.05, 4.69) is 15.5 Å². The van der Waals surface area contributed by atoms with Gasteiger partial charge < -0.3 is 19.3 Å². The number of benzene rings is 1. The van der Waals surface area contributed by atoms with Crippen molar-refractivity contribution in [1.29, 1.82) is 0 Å². The van der Waals surface area contributed by atoms with Gasteiger partial charge >= 0.3 is 5.69 Å². The van der Waals surface area contributed by atoms with Crippen LogP contribution in [-0.2, 0) is 13.0 Å². The third-order valence-electron chi connectivity index (χ3n) is 6.30. The third kappa shape index (κ3) is 3.51. The van der Waals surface area contributed by atoms with Gasteiger partial charge in [0.15, 0.2) is 17.3 Å². The summed E-state index contributed by atoms with van der Waals surface area (Å²) in [4.78, 5) is 32.5. The Hall–Kier alpha value is -3.44. The van der Waals surface area contributed by atoms with Gasteiger partial charge in [0.2, 0.25) is 12.7 Å². The Morgan fingerprint density at radius 1 is 1.15 bits per heavy atom. The number of aromatic nitrogens is 4. The van der Waals surface area contributed by atoms with E-state index in [4.69, 9.17) is 14.0 Å². The molecule has 4 aromatic rings. The Labute approximate surface area is 197 Å². The number of fused-ring (bicyclic) bond motifs is 2. The molecule has 1 aromatic carbocycles. The summed E-state index contributed by atoms with van der Waals surface area (Å²) in [6, 6.07) is 7.41. The van der Waals surface area contributed by atoms with Crippen LogP contribution in [0.15, 0.2) is 38.4 Å². The topological polar surface area (TPSA) is 113 Å². The van der Waals surface area contributed by atoms with Crippen molar-refractivity contribution in [1.82, 2.24) is 24.6 Å². The van der Waals surface area contributed by atoms with E-state index >= 15 is 0 Å². The molecule has 2 aliphatic heterocycles. The molecule has 0 atom stereocenters. The quantitative estimate of drug-likeness (QED) is 0.463. The summed E-state index contributed by atoms with van der Waals surface area (Å²) in [5.41, 5.74) is 0.855. The van der Waals surface area contributed by atoms with Crippen molar-refractivity contribution in [3.05, 3.63) is 56.8 Å². The number of nitrogens with one attached hydrogen (secondary N) is 1. The van der Waals surface area contributed by atoms with Gasteiger partial charge in [0.1, 0.15) is 11.2 Å². The van der Waals surface area contributed by atoms with Crippen LogP contribution in [0.1, 0.15) is 37.5 Å². The first kappa shape index (κ1) is 21.1. The van der Waals surface area contributed by atoms with Crippen LogP contribution < -0.4 is 26.0 Å². The molecule has 1 N–H and O–H groups in total. The predicted octanol–water partition coefficient (Wildman–Crippen LogP) is 2.54.